The SMILES string of the molecule is COC[C@H](N[C@@H]1[C@@H]2CCO[C@@H]2C12CCC2)C1CC1. The van der Waals surface area contributed by atoms with Crippen LogP contribution in [0.1, 0.15) is 38.5 Å². The first-order valence-electron chi connectivity index (χ1n) is 7.72. The fourth-order valence-electron chi connectivity index (χ4n) is 4.72. The van der Waals surface area contributed by atoms with Gasteiger partial charge in [-0.3, -0.25) is 0 Å². The lowest BCUT2D eigenvalue weighted by Crippen LogP contribution is -2.72. The van der Waals surface area contributed by atoms with Crippen LogP contribution >= 0.6 is 0 Å². The van der Waals surface area contributed by atoms with Crippen LogP contribution in [0.25, 0.3) is 0 Å². The summed E-state index contributed by atoms with van der Waals surface area (Å²) in [5, 5.41) is 3.98. The Labute approximate surface area is 110 Å². The first-order valence-corrected chi connectivity index (χ1v) is 7.72. The van der Waals surface area contributed by atoms with Crippen LogP contribution in [0.3, 0.4) is 0 Å². The number of hydrogen-bond donors (Lipinski definition) is 1. The average molecular weight is 251 g/mol. The lowest BCUT2D eigenvalue weighted by atomic mass is 9.46. The van der Waals surface area contributed by atoms with Gasteiger partial charge >= 0.3 is 0 Å². The van der Waals surface area contributed by atoms with Crippen LogP contribution in [-0.4, -0.2) is 38.5 Å². The zero-order valence-corrected chi connectivity index (χ0v) is 11.4. The second-order valence-corrected chi connectivity index (χ2v) is 6.87. The highest BCUT2D eigenvalue weighted by Crippen LogP contribution is 2.63. The van der Waals surface area contributed by atoms with Crippen molar-refractivity contribution in [2.24, 2.45) is 17.3 Å². The molecule has 0 radical (unpaired) electrons. The molecule has 1 heterocycles. The average Bonchev–Trinajstić information content (AvgIpc) is 3.05. The van der Waals surface area contributed by atoms with Crippen LogP contribution in [0.4, 0.5) is 0 Å². The maximum atomic E-state index is 5.99. The standard InChI is InChI=1S/C15H25NO2/c1-17-9-12(10-3-4-10)16-13-11-5-8-18-14(11)15(13)6-2-7-15/h10-14,16H,2-9H2,1H3/t11-,12-,13+,14-/m0/s1. The maximum Gasteiger partial charge on any atom is 0.0690 e. The van der Waals surface area contributed by atoms with Crippen molar-refractivity contribution >= 4 is 0 Å². The molecule has 3 saturated carbocycles. The Kier molecular flexibility index (Phi) is 2.72. The zero-order valence-electron chi connectivity index (χ0n) is 11.4. The molecule has 0 aromatic rings. The van der Waals surface area contributed by atoms with E-state index < -0.39 is 0 Å². The number of ether oxygens (including phenoxy) is 2. The molecule has 1 aliphatic heterocycles. The Balaban J connectivity index is 1.46. The van der Waals surface area contributed by atoms with Gasteiger partial charge in [0, 0.05) is 37.1 Å². The molecule has 4 aliphatic rings. The molecule has 0 amide bonds. The third-order valence-corrected chi connectivity index (χ3v) is 5.97. The molecule has 4 rings (SSSR count). The summed E-state index contributed by atoms with van der Waals surface area (Å²) >= 11 is 0. The van der Waals surface area contributed by atoms with Crippen LogP contribution in [-0.2, 0) is 9.47 Å². The van der Waals surface area contributed by atoms with Crippen molar-refractivity contribution < 1.29 is 9.47 Å². The van der Waals surface area contributed by atoms with E-state index in [0.29, 0.717) is 17.6 Å². The van der Waals surface area contributed by atoms with Gasteiger partial charge in [0.2, 0.25) is 0 Å². The molecule has 0 aromatic carbocycles. The summed E-state index contributed by atoms with van der Waals surface area (Å²) in [5.74, 6) is 1.67. The Morgan fingerprint density at radius 3 is 2.78 bits per heavy atom. The Morgan fingerprint density at radius 1 is 1.33 bits per heavy atom. The summed E-state index contributed by atoms with van der Waals surface area (Å²) in [6.45, 7) is 1.88. The number of hydrogen-bond acceptors (Lipinski definition) is 3. The second kappa shape index (κ2) is 4.19. The smallest absolute Gasteiger partial charge is 0.0690 e. The van der Waals surface area contributed by atoms with Crippen molar-refractivity contribution in [3.05, 3.63) is 0 Å². The van der Waals surface area contributed by atoms with E-state index in [4.69, 9.17) is 9.47 Å². The van der Waals surface area contributed by atoms with E-state index in [0.717, 1.165) is 31.1 Å². The molecule has 3 heteroatoms. The van der Waals surface area contributed by atoms with Gasteiger partial charge in [-0.25, -0.2) is 0 Å². The molecule has 0 aromatic heterocycles. The van der Waals surface area contributed by atoms with Crippen molar-refractivity contribution in [2.75, 3.05) is 20.3 Å². The minimum atomic E-state index is 0.516. The van der Waals surface area contributed by atoms with E-state index >= 15 is 0 Å². The summed E-state index contributed by atoms with van der Waals surface area (Å²) in [6.07, 6.45) is 8.83. The van der Waals surface area contributed by atoms with Crippen molar-refractivity contribution in [1.82, 2.24) is 5.32 Å². The van der Waals surface area contributed by atoms with Gasteiger partial charge in [0.15, 0.2) is 0 Å². The van der Waals surface area contributed by atoms with Crippen LogP contribution < -0.4 is 5.32 Å². The predicted molar refractivity (Wildman–Crippen MR) is 69.4 cm³/mol. The van der Waals surface area contributed by atoms with Gasteiger partial charge in [-0.05, 0) is 38.0 Å². The summed E-state index contributed by atoms with van der Waals surface area (Å²) < 4.78 is 11.4. The van der Waals surface area contributed by atoms with E-state index in [-0.39, 0.29) is 0 Å². The summed E-state index contributed by atoms with van der Waals surface area (Å²) in [4.78, 5) is 0. The third kappa shape index (κ3) is 1.53. The molecule has 18 heavy (non-hydrogen) atoms. The van der Waals surface area contributed by atoms with Crippen molar-refractivity contribution in [1.29, 1.82) is 0 Å². The van der Waals surface area contributed by atoms with E-state index in [2.05, 4.69) is 5.32 Å². The van der Waals surface area contributed by atoms with Crippen molar-refractivity contribution in [2.45, 2.75) is 56.7 Å². The number of rotatable bonds is 5. The van der Waals surface area contributed by atoms with E-state index in [1.165, 1.54) is 38.5 Å². The molecule has 4 fully saturated rings. The fraction of sp³-hybridized carbons (Fsp3) is 1.00. The molecule has 0 unspecified atom stereocenters. The van der Waals surface area contributed by atoms with Gasteiger partial charge in [-0.2, -0.15) is 0 Å². The predicted octanol–water partition coefficient (Wildman–Crippen LogP) is 1.96. The highest BCUT2D eigenvalue weighted by Gasteiger charge is 2.66. The minimum Gasteiger partial charge on any atom is -0.383 e. The normalized spacial score (nSPS) is 42.2. The van der Waals surface area contributed by atoms with Crippen LogP contribution in [0.5, 0.6) is 0 Å². The maximum absolute atomic E-state index is 5.99. The molecule has 0 bridgehead atoms. The van der Waals surface area contributed by atoms with E-state index in [1.54, 1.807) is 0 Å². The molecule has 1 N–H and O–H groups in total. The molecule has 4 atom stereocenters. The van der Waals surface area contributed by atoms with E-state index in [9.17, 15) is 0 Å². The Bertz CT molecular complexity index is 324. The minimum absolute atomic E-state index is 0.516. The largest absolute Gasteiger partial charge is 0.383 e. The van der Waals surface area contributed by atoms with Crippen molar-refractivity contribution in [3.63, 3.8) is 0 Å². The second-order valence-electron chi connectivity index (χ2n) is 6.87. The first-order chi connectivity index (χ1) is 8.85. The van der Waals surface area contributed by atoms with Gasteiger partial charge < -0.3 is 14.8 Å². The van der Waals surface area contributed by atoms with Gasteiger partial charge in [-0.15, -0.1) is 0 Å². The lowest BCUT2D eigenvalue weighted by molar-refractivity contribution is -0.179. The molecule has 102 valence electrons. The molecular weight excluding hydrogens is 226 g/mol. The molecule has 1 spiro atoms. The van der Waals surface area contributed by atoms with Gasteiger partial charge in [0.05, 0.1) is 12.7 Å². The van der Waals surface area contributed by atoms with Crippen LogP contribution in [0.2, 0.25) is 0 Å². The molecular formula is C15H25NO2. The number of nitrogens with one attached hydrogen (secondary N) is 1. The molecule has 1 saturated heterocycles. The fourth-order valence-corrected chi connectivity index (χ4v) is 4.72. The molecule has 3 aliphatic carbocycles. The van der Waals surface area contributed by atoms with Crippen molar-refractivity contribution in [3.8, 4) is 0 Å². The van der Waals surface area contributed by atoms with Crippen LogP contribution in [0.15, 0.2) is 0 Å². The lowest BCUT2D eigenvalue weighted by Gasteiger charge is -2.64. The topological polar surface area (TPSA) is 30.5 Å². The summed E-state index contributed by atoms with van der Waals surface area (Å²) in [6, 6.07) is 1.32. The van der Waals surface area contributed by atoms with Gasteiger partial charge in [0.1, 0.15) is 0 Å². The highest BCUT2D eigenvalue weighted by atomic mass is 16.5. The monoisotopic (exact) mass is 251 g/mol. The van der Waals surface area contributed by atoms with E-state index in [1.807, 2.05) is 7.11 Å². The summed E-state index contributed by atoms with van der Waals surface area (Å²) in [7, 11) is 1.83. The Hall–Kier alpha value is -0.120. The highest BCUT2D eigenvalue weighted by molar-refractivity contribution is 5.19. The van der Waals surface area contributed by atoms with Gasteiger partial charge in [0.25, 0.3) is 0 Å². The summed E-state index contributed by atoms with van der Waals surface area (Å²) in [5.41, 5.74) is 0.516. The number of methoxy groups -OCH3 is 1. The van der Waals surface area contributed by atoms with Gasteiger partial charge in [-0.1, -0.05) is 6.42 Å². The van der Waals surface area contributed by atoms with Crippen LogP contribution in [0, 0.1) is 17.3 Å². The number of fused-ring (bicyclic) bond motifs is 2. The quantitative estimate of drug-likeness (QED) is 0.810. The first kappa shape index (κ1) is 11.7. The zero-order chi connectivity index (χ0) is 12.2. The third-order valence-electron chi connectivity index (χ3n) is 5.97. The Morgan fingerprint density at radius 2 is 2.17 bits per heavy atom. The molecule has 3 nitrogen and oxygen atoms in total.